The van der Waals surface area contributed by atoms with Gasteiger partial charge in [0.25, 0.3) is 0 Å². The average Bonchev–Trinajstić information content (AvgIpc) is 3.02. The molecule has 3 aromatic rings. The number of benzene rings is 1. The highest BCUT2D eigenvalue weighted by molar-refractivity contribution is 7.18. The van der Waals surface area contributed by atoms with Gasteiger partial charge < -0.3 is 4.90 Å². The van der Waals surface area contributed by atoms with Crippen LogP contribution in [0.1, 0.15) is 36.8 Å². The van der Waals surface area contributed by atoms with Crippen molar-refractivity contribution in [2.75, 3.05) is 19.5 Å². The molecule has 142 valence electrons. The summed E-state index contributed by atoms with van der Waals surface area (Å²) in [4.78, 5) is 13.0. The van der Waals surface area contributed by atoms with E-state index in [4.69, 9.17) is 11.6 Å². The molecule has 0 aliphatic heterocycles. The van der Waals surface area contributed by atoms with Gasteiger partial charge in [-0.15, -0.1) is 11.3 Å². The molecule has 0 fully saturated rings. The number of hydrogen-bond acceptors (Lipinski definition) is 6. The Bertz CT molecular complexity index is 972. The molecule has 0 aliphatic rings. The Balaban J connectivity index is 1.78. The van der Waals surface area contributed by atoms with E-state index in [1.807, 2.05) is 32.3 Å². The lowest BCUT2D eigenvalue weighted by Crippen LogP contribution is -2.11. The number of halogens is 1. The fourth-order valence-electron chi connectivity index (χ4n) is 2.59. The van der Waals surface area contributed by atoms with Crippen LogP contribution in [0.5, 0.6) is 0 Å². The van der Waals surface area contributed by atoms with Gasteiger partial charge in [-0.05, 0) is 42.8 Å². The van der Waals surface area contributed by atoms with E-state index >= 15 is 0 Å². The topological polar surface area (TPSA) is 53.4 Å². The molecule has 1 aromatic carbocycles. The van der Waals surface area contributed by atoms with Crippen molar-refractivity contribution in [2.45, 2.75) is 32.7 Å². The Labute approximate surface area is 169 Å². The molecule has 2 aromatic heterocycles. The highest BCUT2D eigenvalue weighted by Gasteiger charge is 2.18. The Hall–Kier alpha value is -2.02. The fourth-order valence-corrected chi connectivity index (χ4v) is 3.90. The molecule has 0 atom stereocenters. The molecule has 27 heavy (non-hydrogen) atoms. The lowest BCUT2D eigenvalue weighted by atomic mass is 9.94. The summed E-state index contributed by atoms with van der Waals surface area (Å²) in [7, 11) is 4.04. The first-order valence-corrected chi connectivity index (χ1v) is 9.91. The maximum atomic E-state index is 6.36. The van der Waals surface area contributed by atoms with Gasteiger partial charge in [-0.2, -0.15) is 5.10 Å². The average molecular weight is 402 g/mol. The van der Waals surface area contributed by atoms with Crippen LogP contribution in [0.4, 0.5) is 5.82 Å². The molecule has 0 bridgehead atoms. The molecule has 0 amide bonds. The quantitative estimate of drug-likeness (QED) is 0.474. The summed E-state index contributed by atoms with van der Waals surface area (Å²) < 4.78 is 0. The predicted octanol–water partition coefficient (Wildman–Crippen LogP) is 5.15. The Morgan fingerprint density at radius 2 is 2.00 bits per heavy atom. The zero-order chi connectivity index (χ0) is 19.6. The number of thiophene rings is 1. The van der Waals surface area contributed by atoms with Crippen molar-refractivity contribution in [3.63, 3.8) is 0 Å². The van der Waals surface area contributed by atoms with Crippen LogP contribution < -0.4 is 5.43 Å². The smallest absolute Gasteiger partial charge is 0.158 e. The largest absolute Gasteiger partial charge is 0.305 e. The van der Waals surface area contributed by atoms with Crippen LogP contribution >= 0.6 is 22.9 Å². The minimum atomic E-state index is 0.0803. The first kappa shape index (κ1) is 19.7. The van der Waals surface area contributed by atoms with Gasteiger partial charge in [0.2, 0.25) is 0 Å². The number of fused-ring (bicyclic) bond motifs is 1. The van der Waals surface area contributed by atoms with Crippen LogP contribution in [0.15, 0.2) is 35.7 Å². The lowest BCUT2D eigenvalue weighted by molar-refractivity contribution is 0.402. The van der Waals surface area contributed by atoms with Gasteiger partial charge in [0, 0.05) is 16.4 Å². The number of nitrogens with one attached hydrogen (secondary N) is 1. The molecule has 2 heterocycles. The number of aromatic nitrogens is 2. The third-order valence-electron chi connectivity index (χ3n) is 4.02. The summed E-state index contributed by atoms with van der Waals surface area (Å²) in [5.74, 6) is 0.707. The molecule has 0 aliphatic carbocycles. The van der Waals surface area contributed by atoms with E-state index in [9.17, 15) is 0 Å². The van der Waals surface area contributed by atoms with Crippen molar-refractivity contribution in [1.29, 1.82) is 0 Å². The molecule has 0 saturated heterocycles. The van der Waals surface area contributed by atoms with Crippen molar-refractivity contribution in [3.8, 4) is 0 Å². The molecule has 5 nitrogen and oxygen atoms in total. The zero-order valence-electron chi connectivity index (χ0n) is 16.2. The molecule has 3 rings (SSSR count). The zero-order valence-corrected chi connectivity index (χ0v) is 17.8. The second-order valence-corrected chi connectivity index (χ2v) is 9.20. The minimum absolute atomic E-state index is 0.0803. The summed E-state index contributed by atoms with van der Waals surface area (Å²) in [6.45, 7) is 7.39. The number of hydrogen-bond donors (Lipinski definition) is 1. The number of anilines is 1. The Morgan fingerprint density at radius 3 is 2.67 bits per heavy atom. The second kappa shape index (κ2) is 7.92. The molecule has 0 saturated carbocycles. The van der Waals surface area contributed by atoms with Crippen molar-refractivity contribution in [1.82, 2.24) is 14.9 Å². The first-order chi connectivity index (χ1) is 12.7. The minimum Gasteiger partial charge on any atom is -0.305 e. The summed E-state index contributed by atoms with van der Waals surface area (Å²) in [5, 5.41) is 6.07. The highest BCUT2D eigenvalue weighted by atomic mass is 35.5. The van der Waals surface area contributed by atoms with Crippen molar-refractivity contribution >= 4 is 45.2 Å². The maximum absolute atomic E-state index is 6.36. The third-order valence-corrected chi connectivity index (χ3v) is 5.84. The maximum Gasteiger partial charge on any atom is 0.158 e. The molecule has 0 radical (unpaired) electrons. The standard InChI is InChI=1S/C20H24ClN5S/c1-20(2,3)17-9-15-18(22-12-23-19(15)27-17)25-24-10-13-6-7-14(11-26(4)5)16(21)8-13/h6-10,12H,11H2,1-5H3,(H,22,23,25). The van der Waals surface area contributed by atoms with E-state index < -0.39 is 0 Å². The SMILES string of the molecule is CN(C)Cc1ccc(C=NNc2ncnc3sc(C(C)(C)C)cc23)cc1Cl. The molecule has 1 N–H and O–H groups in total. The van der Waals surface area contributed by atoms with Gasteiger partial charge in [0.1, 0.15) is 11.2 Å². The molecule has 0 unspecified atom stereocenters. The summed E-state index contributed by atoms with van der Waals surface area (Å²) in [6, 6.07) is 8.10. The highest BCUT2D eigenvalue weighted by Crippen LogP contribution is 2.35. The second-order valence-electron chi connectivity index (χ2n) is 7.76. The normalized spacial score (nSPS) is 12.4. The van der Waals surface area contributed by atoms with E-state index in [0.717, 1.165) is 32.9 Å². The van der Waals surface area contributed by atoms with Crippen molar-refractivity contribution < 1.29 is 0 Å². The molecule has 0 spiro atoms. The predicted molar refractivity (Wildman–Crippen MR) is 116 cm³/mol. The van der Waals surface area contributed by atoms with Crippen LogP contribution in [0.3, 0.4) is 0 Å². The van der Waals surface area contributed by atoms with E-state index in [1.54, 1.807) is 23.9 Å². The first-order valence-electron chi connectivity index (χ1n) is 8.71. The van der Waals surface area contributed by atoms with E-state index in [-0.39, 0.29) is 5.41 Å². The van der Waals surface area contributed by atoms with E-state index in [0.29, 0.717) is 5.82 Å². The van der Waals surface area contributed by atoms with Gasteiger partial charge in [0.15, 0.2) is 5.82 Å². The summed E-state index contributed by atoms with van der Waals surface area (Å²) in [5.41, 5.74) is 5.15. The molecular weight excluding hydrogens is 378 g/mol. The number of hydrazone groups is 1. The Morgan fingerprint density at radius 1 is 1.22 bits per heavy atom. The van der Waals surface area contributed by atoms with Crippen LogP contribution in [-0.2, 0) is 12.0 Å². The Kier molecular flexibility index (Phi) is 5.79. The van der Waals surface area contributed by atoms with Crippen molar-refractivity contribution in [2.24, 2.45) is 5.10 Å². The third kappa shape index (κ3) is 4.83. The van der Waals surface area contributed by atoms with Gasteiger partial charge in [-0.3, -0.25) is 5.43 Å². The van der Waals surface area contributed by atoms with Gasteiger partial charge in [-0.1, -0.05) is 44.5 Å². The monoisotopic (exact) mass is 401 g/mol. The van der Waals surface area contributed by atoms with Crippen LogP contribution in [0, 0.1) is 0 Å². The summed E-state index contributed by atoms with van der Waals surface area (Å²) in [6.07, 6.45) is 3.31. The van der Waals surface area contributed by atoms with Crippen LogP contribution in [0.25, 0.3) is 10.2 Å². The van der Waals surface area contributed by atoms with E-state index in [1.165, 1.54) is 4.88 Å². The van der Waals surface area contributed by atoms with Crippen LogP contribution in [0.2, 0.25) is 5.02 Å². The van der Waals surface area contributed by atoms with Gasteiger partial charge >= 0.3 is 0 Å². The summed E-state index contributed by atoms with van der Waals surface area (Å²) >= 11 is 8.06. The van der Waals surface area contributed by atoms with Gasteiger partial charge in [-0.25, -0.2) is 9.97 Å². The lowest BCUT2D eigenvalue weighted by Gasteiger charge is -2.14. The molecular formula is C20H24ClN5S. The number of rotatable bonds is 5. The van der Waals surface area contributed by atoms with Crippen LogP contribution in [-0.4, -0.2) is 35.2 Å². The molecule has 7 heteroatoms. The van der Waals surface area contributed by atoms with Gasteiger partial charge in [0.05, 0.1) is 11.6 Å². The number of nitrogens with zero attached hydrogens (tertiary/aromatic N) is 4. The van der Waals surface area contributed by atoms with E-state index in [2.05, 4.69) is 52.2 Å². The van der Waals surface area contributed by atoms with Crippen molar-refractivity contribution in [3.05, 3.63) is 51.6 Å². The fraction of sp³-hybridized carbons (Fsp3) is 0.350.